The molecule has 1 fully saturated rings. The quantitative estimate of drug-likeness (QED) is 0.926. The zero-order valence-electron chi connectivity index (χ0n) is 9.59. The Hall–Kier alpha value is -0.680. The van der Waals surface area contributed by atoms with Crippen LogP contribution in [0.25, 0.3) is 0 Å². The largest absolute Gasteiger partial charge is 0.378 e. The molecule has 0 spiro atoms. The van der Waals surface area contributed by atoms with Gasteiger partial charge in [0.15, 0.2) is 11.6 Å². The molecule has 1 aliphatic rings. The number of hydrogen-bond acceptors (Lipinski definition) is 3. The van der Waals surface area contributed by atoms with E-state index in [0.29, 0.717) is 22.9 Å². The predicted octanol–water partition coefficient (Wildman–Crippen LogP) is 3.35. The first-order valence-electron chi connectivity index (χ1n) is 5.92. The van der Waals surface area contributed by atoms with E-state index in [9.17, 15) is 4.39 Å². The van der Waals surface area contributed by atoms with Crippen molar-refractivity contribution in [2.75, 3.05) is 18.5 Å². The molecule has 3 nitrogen and oxygen atoms in total. The minimum Gasteiger partial charge on any atom is -0.378 e. The van der Waals surface area contributed by atoms with Crippen LogP contribution in [0.4, 0.5) is 10.2 Å². The average Bonchev–Trinajstić information content (AvgIpc) is 2.33. The number of pyridine rings is 1. The molecule has 0 aliphatic carbocycles. The third kappa shape index (κ3) is 3.92. The molecule has 1 unspecified atom stereocenters. The Morgan fingerprint density at radius 3 is 3.12 bits per heavy atom. The van der Waals surface area contributed by atoms with Crippen molar-refractivity contribution in [2.45, 2.75) is 31.8 Å². The molecule has 1 atom stereocenters. The standard InChI is InChI=1S/C12H16BrFN2O/c13-9-7-11(14)12(16-8-9)15-5-4-10-3-1-2-6-17-10/h7-8,10H,1-6H2,(H,15,16). The van der Waals surface area contributed by atoms with Gasteiger partial charge in [-0.1, -0.05) is 0 Å². The highest BCUT2D eigenvalue weighted by atomic mass is 79.9. The number of rotatable bonds is 4. The second-order valence-corrected chi connectivity index (χ2v) is 5.10. The smallest absolute Gasteiger partial charge is 0.166 e. The number of halogens is 2. The molecule has 2 rings (SSSR count). The molecule has 1 aromatic rings. The van der Waals surface area contributed by atoms with E-state index in [2.05, 4.69) is 26.2 Å². The summed E-state index contributed by atoms with van der Waals surface area (Å²) in [4.78, 5) is 3.99. The lowest BCUT2D eigenvalue weighted by Crippen LogP contribution is -2.22. The molecule has 1 saturated heterocycles. The summed E-state index contributed by atoms with van der Waals surface area (Å²) in [5.41, 5.74) is 0. The van der Waals surface area contributed by atoms with Crippen LogP contribution in [0.3, 0.4) is 0 Å². The van der Waals surface area contributed by atoms with Gasteiger partial charge in [0.05, 0.1) is 6.10 Å². The molecule has 0 bridgehead atoms. The van der Waals surface area contributed by atoms with Crippen LogP contribution < -0.4 is 5.32 Å². The Morgan fingerprint density at radius 1 is 1.53 bits per heavy atom. The molecule has 1 aliphatic heterocycles. The maximum Gasteiger partial charge on any atom is 0.166 e. The molecule has 17 heavy (non-hydrogen) atoms. The van der Waals surface area contributed by atoms with E-state index >= 15 is 0 Å². The predicted molar refractivity (Wildman–Crippen MR) is 68.6 cm³/mol. The normalized spacial score (nSPS) is 20.2. The van der Waals surface area contributed by atoms with Gasteiger partial charge < -0.3 is 10.1 Å². The lowest BCUT2D eigenvalue weighted by Gasteiger charge is -2.22. The van der Waals surface area contributed by atoms with Crippen LogP contribution in [0.1, 0.15) is 25.7 Å². The highest BCUT2D eigenvalue weighted by molar-refractivity contribution is 9.10. The molecule has 0 aromatic carbocycles. The maximum atomic E-state index is 13.4. The Labute approximate surface area is 109 Å². The molecule has 94 valence electrons. The van der Waals surface area contributed by atoms with Gasteiger partial charge in [0.25, 0.3) is 0 Å². The van der Waals surface area contributed by atoms with E-state index in [4.69, 9.17) is 4.74 Å². The van der Waals surface area contributed by atoms with Gasteiger partial charge in [-0.2, -0.15) is 0 Å². The second-order valence-electron chi connectivity index (χ2n) is 4.19. The Morgan fingerprint density at radius 2 is 2.41 bits per heavy atom. The molecule has 0 radical (unpaired) electrons. The summed E-state index contributed by atoms with van der Waals surface area (Å²) in [5.74, 6) is -0.0204. The van der Waals surface area contributed by atoms with Gasteiger partial charge in [0.1, 0.15) is 0 Å². The Kier molecular flexibility index (Phi) is 4.74. The summed E-state index contributed by atoms with van der Waals surface area (Å²) in [6.45, 7) is 1.55. The Bertz CT molecular complexity index is 370. The van der Waals surface area contributed by atoms with Gasteiger partial charge in [-0.25, -0.2) is 9.37 Å². The number of anilines is 1. The Balaban J connectivity index is 1.77. The van der Waals surface area contributed by atoms with Crippen molar-refractivity contribution >= 4 is 21.7 Å². The van der Waals surface area contributed by atoms with Crippen LogP contribution in [-0.4, -0.2) is 24.2 Å². The van der Waals surface area contributed by atoms with Crippen LogP contribution in [-0.2, 0) is 4.74 Å². The van der Waals surface area contributed by atoms with Gasteiger partial charge >= 0.3 is 0 Å². The first kappa shape index (κ1) is 12.8. The topological polar surface area (TPSA) is 34.2 Å². The average molecular weight is 303 g/mol. The number of nitrogens with one attached hydrogen (secondary N) is 1. The zero-order chi connectivity index (χ0) is 12.1. The maximum absolute atomic E-state index is 13.4. The van der Waals surface area contributed by atoms with E-state index in [1.807, 2.05) is 0 Å². The monoisotopic (exact) mass is 302 g/mol. The van der Waals surface area contributed by atoms with Gasteiger partial charge in [-0.3, -0.25) is 0 Å². The lowest BCUT2D eigenvalue weighted by molar-refractivity contribution is 0.0134. The summed E-state index contributed by atoms with van der Waals surface area (Å²) >= 11 is 3.18. The van der Waals surface area contributed by atoms with Crippen molar-refractivity contribution in [1.82, 2.24) is 4.98 Å². The van der Waals surface area contributed by atoms with E-state index in [1.54, 1.807) is 6.20 Å². The van der Waals surface area contributed by atoms with E-state index in [1.165, 1.54) is 12.5 Å². The van der Waals surface area contributed by atoms with Gasteiger partial charge in [-0.15, -0.1) is 0 Å². The second kappa shape index (κ2) is 6.31. The number of hydrogen-bond donors (Lipinski definition) is 1. The summed E-state index contributed by atoms with van der Waals surface area (Å²) in [6, 6.07) is 1.41. The lowest BCUT2D eigenvalue weighted by atomic mass is 10.1. The van der Waals surface area contributed by atoms with E-state index in [-0.39, 0.29) is 5.82 Å². The van der Waals surface area contributed by atoms with Crippen LogP contribution in [0.5, 0.6) is 0 Å². The van der Waals surface area contributed by atoms with Crippen molar-refractivity contribution in [3.05, 3.63) is 22.6 Å². The molecular weight excluding hydrogens is 287 g/mol. The third-order valence-electron chi connectivity index (χ3n) is 2.84. The summed E-state index contributed by atoms with van der Waals surface area (Å²) in [5, 5.41) is 3.00. The third-order valence-corrected chi connectivity index (χ3v) is 3.27. The van der Waals surface area contributed by atoms with E-state index < -0.39 is 0 Å². The van der Waals surface area contributed by atoms with Crippen LogP contribution in [0.15, 0.2) is 16.7 Å². The van der Waals surface area contributed by atoms with Crippen LogP contribution in [0, 0.1) is 5.82 Å². The molecule has 1 aromatic heterocycles. The van der Waals surface area contributed by atoms with Crippen molar-refractivity contribution in [3.8, 4) is 0 Å². The summed E-state index contributed by atoms with van der Waals surface area (Å²) < 4.78 is 19.7. The SMILES string of the molecule is Fc1cc(Br)cnc1NCCC1CCCCO1. The minimum absolute atomic E-state index is 0.309. The molecule has 0 saturated carbocycles. The first-order chi connectivity index (χ1) is 8.25. The summed E-state index contributed by atoms with van der Waals surface area (Å²) in [7, 11) is 0. The van der Waals surface area contributed by atoms with Crippen LogP contribution >= 0.6 is 15.9 Å². The minimum atomic E-state index is -0.330. The van der Waals surface area contributed by atoms with Crippen molar-refractivity contribution in [3.63, 3.8) is 0 Å². The number of ether oxygens (including phenoxy) is 1. The summed E-state index contributed by atoms with van der Waals surface area (Å²) in [6.07, 6.45) is 6.30. The fraction of sp³-hybridized carbons (Fsp3) is 0.583. The zero-order valence-corrected chi connectivity index (χ0v) is 11.2. The van der Waals surface area contributed by atoms with Crippen molar-refractivity contribution in [2.24, 2.45) is 0 Å². The highest BCUT2D eigenvalue weighted by Gasteiger charge is 2.13. The number of aromatic nitrogens is 1. The van der Waals surface area contributed by atoms with Gasteiger partial charge in [0, 0.05) is 23.8 Å². The van der Waals surface area contributed by atoms with Crippen LogP contribution in [0.2, 0.25) is 0 Å². The van der Waals surface area contributed by atoms with Crippen molar-refractivity contribution < 1.29 is 9.13 Å². The molecule has 5 heteroatoms. The first-order valence-corrected chi connectivity index (χ1v) is 6.71. The molecular formula is C12H16BrFN2O. The fourth-order valence-corrected chi connectivity index (χ4v) is 2.23. The highest BCUT2D eigenvalue weighted by Crippen LogP contribution is 2.18. The fourth-order valence-electron chi connectivity index (χ4n) is 1.93. The number of nitrogens with zero attached hydrogens (tertiary/aromatic N) is 1. The molecule has 0 amide bonds. The van der Waals surface area contributed by atoms with Gasteiger partial charge in [-0.05, 0) is 47.7 Å². The van der Waals surface area contributed by atoms with Gasteiger partial charge in [0.2, 0.25) is 0 Å². The van der Waals surface area contributed by atoms with E-state index in [0.717, 1.165) is 25.9 Å². The molecule has 2 heterocycles. The van der Waals surface area contributed by atoms with Crippen molar-refractivity contribution in [1.29, 1.82) is 0 Å². The molecule has 1 N–H and O–H groups in total.